The van der Waals surface area contributed by atoms with Gasteiger partial charge < -0.3 is 19.9 Å². The molecule has 152 valence electrons. The molecule has 3 unspecified atom stereocenters. The number of hydrogen-bond donors (Lipinski definition) is 2. The molecule has 0 radical (unpaired) electrons. The molecule has 0 spiro atoms. The average Bonchev–Trinajstić information content (AvgIpc) is 2.61. The van der Waals surface area contributed by atoms with Crippen LogP contribution in [-0.4, -0.2) is 54.0 Å². The highest BCUT2D eigenvalue weighted by molar-refractivity contribution is 8.11. The SMILES string of the molecule is CCCCCCCCCC(=O)OC1CCOC(O)(C(CSC=O)NC)C1. The van der Waals surface area contributed by atoms with Crippen molar-refractivity contribution in [2.75, 3.05) is 19.4 Å². The maximum atomic E-state index is 12.1. The molecule has 26 heavy (non-hydrogen) atoms. The van der Waals surface area contributed by atoms with Gasteiger partial charge in [0.05, 0.1) is 12.6 Å². The monoisotopic (exact) mass is 389 g/mol. The van der Waals surface area contributed by atoms with Crippen LogP contribution in [0.25, 0.3) is 0 Å². The first kappa shape index (κ1) is 23.4. The summed E-state index contributed by atoms with van der Waals surface area (Å²) < 4.78 is 11.1. The van der Waals surface area contributed by atoms with Gasteiger partial charge in [-0.1, -0.05) is 57.2 Å². The molecule has 0 aliphatic carbocycles. The van der Waals surface area contributed by atoms with Gasteiger partial charge in [-0.3, -0.25) is 9.59 Å². The molecule has 0 aromatic heterocycles. The fraction of sp³-hybridized carbons (Fsp3) is 0.895. The number of aliphatic hydroxyl groups is 1. The Morgan fingerprint density at radius 2 is 2.04 bits per heavy atom. The molecule has 0 aromatic rings. The van der Waals surface area contributed by atoms with Crippen molar-refractivity contribution in [3.63, 3.8) is 0 Å². The van der Waals surface area contributed by atoms with Gasteiger partial charge in [0, 0.05) is 25.0 Å². The molecule has 1 rings (SSSR count). The standard InChI is InChI=1S/C19H35NO5S/c1-3-4-5-6-7-8-9-10-18(22)25-16-11-12-24-19(23,13-16)17(20-2)14-26-15-21/h15-17,20,23H,3-14H2,1-2H3. The molecule has 0 bridgehead atoms. The molecule has 1 aliphatic rings. The molecule has 0 saturated carbocycles. The van der Waals surface area contributed by atoms with Crippen molar-refractivity contribution in [2.24, 2.45) is 0 Å². The van der Waals surface area contributed by atoms with Gasteiger partial charge in [0.15, 0.2) is 11.4 Å². The fourth-order valence-corrected chi connectivity index (χ4v) is 3.94. The van der Waals surface area contributed by atoms with Crippen LogP contribution in [0.3, 0.4) is 0 Å². The van der Waals surface area contributed by atoms with E-state index in [4.69, 9.17) is 9.47 Å². The second-order valence-electron chi connectivity index (χ2n) is 6.94. The summed E-state index contributed by atoms with van der Waals surface area (Å²) in [6.45, 7) is 2.53. The van der Waals surface area contributed by atoms with Gasteiger partial charge in [-0.05, 0) is 13.5 Å². The van der Waals surface area contributed by atoms with Crippen LogP contribution in [0.4, 0.5) is 0 Å². The van der Waals surface area contributed by atoms with E-state index in [0.717, 1.165) is 30.2 Å². The van der Waals surface area contributed by atoms with Crippen molar-refractivity contribution in [1.29, 1.82) is 0 Å². The largest absolute Gasteiger partial charge is 0.462 e. The third-order valence-corrected chi connectivity index (χ3v) is 5.48. The minimum atomic E-state index is -1.42. The topological polar surface area (TPSA) is 84.9 Å². The van der Waals surface area contributed by atoms with Crippen LogP contribution in [0.1, 0.15) is 71.1 Å². The smallest absolute Gasteiger partial charge is 0.306 e. The van der Waals surface area contributed by atoms with Crippen LogP contribution < -0.4 is 5.32 Å². The average molecular weight is 390 g/mol. The Kier molecular flexibility index (Phi) is 12.2. The van der Waals surface area contributed by atoms with Crippen LogP contribution in [0.5, 0.6) is 0 Å². The maximum absolute atomic E-state index is 12.1. The second kappa shape index (κ2) is 13.5. The van der Waals surface area contributed by atoms with Crippen LogP contribution in [0, 0.1) is 0 Å². The van der Waals surface area contributed by atoms with E-state index in [1.807, 2.05) is 0 Å². The van der Waals surface area contributed by atoms with Gasteiger partial charge >= 0.3 is 5.97 Å². The van der Waals surface area contributed by atoms with Crippen molar-refractivity contribution < 1.29 is 24.2 Å². The van der Waals surface area contributed by atoms with Crippen LogP contribution in [0.2, 0.25) is 0 Å². The summed E-state index contributed by atoms with van der Waals surface area (Å²) in [7, 11) is 1.72. The van der Waals surface area contributed by atoms with E-state index in [2.05, 4.69) is 12.2 Å². The van der Waals surface area contributed by atoms with Gasteiger partial charge in [0.25, 0.3) is 0 Å². The van der Waals surface area contributed by atoms with Gasteiger partial charge in [-0.15, -0.1) is 0 Å². The lowest BCUT2D eigenvalue weighted by molar-refractivity contribution is -0.258. The number of ether oxygens (including phenoxy) is 2. The quantitative estimate of drug-likeness (QED) is 0.268. The summed E-state index contributed by atoms with van der Waals surface area (Å²) in [4.78, 5) is 22.6. The van der Waals surface area contributed by atoms with Crippen LogP contribution >= 0.6 is 11.8 Å². The molecule has 1 saturated heterocycles. The van der Waals surface area contributed by atoms with E-state index < -0.39 is 11.8 Å². The van der Waals surface area contributed by atoms with E-state index in [1.165, 1.54) is 32.1 Å². The molecule has 1 aliphatic heterocycles. The summed E-state index contributed by atoms with van der Waals surface area (Å²) in [5.74, 6) is -1.22. The molecule has 1 heterocycles. The van der Waals surface area contributed by atoms with Crippen molar-refractivity contribution in [2.45, 2.75) is 89.1 Å². The molecular weight excluding hydrogens is 354 g/mol. The fourth-order valence-electron chi connectivity index (χ4n) is 3.24. The summed E-state index contributed by atoms with van der Waals surface area (Å²) in [6, 6.07) is -0.401. The molecule has 1 fully saturated rings. The van der Waals surface area contributed by atoms with E-state index in [-0.39, 0.29) is 18.5 Å². The number of carbonyl (C=O) groups is 2. The van der Waals surface area contributed by atoms with Crippen molar-refractivity contribution in [3.8, 4) is 0 Å². The summed E-state index contributed by atoms with van der Waals surface area (Å²) in [5, 5.41) is 13.7. The highest BCUT2D eigenvalue weighted by atomic mass is 32.2. The predicted molar refractivity (Wildman–Crippen MR) is 105 cm³/mol. The zero-order chi connectivity index (χ0) is 19.3. The second-order valence-corrected chi connectivity index (χ2v) is 7.80. The number of hydrogen-bond acceptors (Lipinski definition) is 7. The Balaban J connectivity index is 2.31. The van der Waals surface area contributed by atoms with E-state index in [0.29, 0.717) is 25.2 Å². The van der Waals surface area contributed by atoms with Crippen LogP contribution in [-0.2, 0) is 19.1 Å². The van der Waals surface area contributed by atoms with Gasteiger partial charge in [-0.25, -0.2) is 0 Å². The number of likely N-dealkylation sites (N-methyl/N-ethyl adjacent to an activating group) is 1. The summed E-state index contributed by atoms with van der Waals surface area (Å²) >= 11 is 1.08. The molecule has 2 N–H and O–H groups in total. The highest BCUT2D eigenvalue weighted by Gasteiger charge is 2.43. The lowest BCUT2D eigenvalue weighted by Crippen LogP contribution is -2.57. The first-order valence-corrected chi connectivity index (χ1v) is 10.9. The molecule has 7 heteroatoms. The van der Waals surface area contributed by atoms with Crippen molar-refractivity contribution >= 4 is 23.3 Å². The van der Waals surface area contributed by atoms with E-state index in [9.17, 15) is 14.7 Å². The van der Waals surface area contributed by atoms with Gasteiger partial charge in [0.2, 0.25) is 0 Å². The lowest BCUT2D eigenvalue weighted by Gasteiger charge is -2.41. The van der Waals surface area contributed by atoms with Gasteiger partial charge in [-0.2, -0.15) is 0 Å². The molecule has 3 atom stereocenters. The number of esters is 1. The summed E-state index contributed by atoms with van der Waals surface area (Å²) in [6.07, 6.45) is 9.01. The number of unbranched alkanes of at least 4 members (excludes halogenated alkanes) is 6. The van der Waals surface area contributed by atoms with Crippen molar-refractivity contribution in [3.05, 3.63) is 0 Å². The molecule has 6 nitrogen and oxygen atoms in total. The first-order valence-electron chi connectivity index (χ1n) is 9.84. The third-order valence-electron chi connectivity index (χ3n) is 4.82. The number of rotatable bonds is 14. The zero-order valence-electron chi connectivity index (χ0n) is 16.2. The number of nitrogens with one attached hydrogen (secondary N) is 1. The van der Waals surface area contributed by atoms with E-state index in [1.54, 1.807) is 7.05 Å². The first-order chi connectivity index (χ1) is 12.6. The Morgan fingerprint density at radius 3 is 2.69 bits per heavy atom. The molecule has 0 aromatic carbocycles. The Hall–Kier alpha value is -0.630. The Morgan fingerprint density at radius 1 is 1.35 bits per heavy atom. The molecule has 0 amide bonds. The normalized spacial score (nSPS) is 24.2. The lowest BCUT2D eigenvalue weighted by atomic mass is 9.96. The Bertz CT molecular complexity index is 409. The van der Waals surface area contributed by atoms with E-state index >= 15 is 0 Å². The minimum Gasteiger partial charge on any atom is -0.462 e. The number of thioether (sulfide) groups is 1. The minimum absolute atomic E-state index is 0.198. The Labute approximate surface area is 161 Å². The zero-order valence-corrected chi connectivity index (χ0v) is 17.0. The maximum Gasteiger partial charge on any atom is 0.306 e. The van der Waals surface area contributed by atoms with Gasteiger partial charge in [0.1, 0.15) is 6.10 Å². The van der Waals surface area contributed by atoms with Crippen LogP contribution in [0.15, 0.2) is 0 Å². The highest BCUT2D eigenvalue weighted by Crippen LogP contribution is 2.29. The summed E-state index contributed by atoms with van der Waals surface area (Å²) in [5.41, 5.74) is 0.746. The number of carbonyl (C=O) groups excluding carboxylic acids is 2. The third kappa shape index (κ3) is 8.84. The molecular formula is C19H35NO5S. The van der Waals surface area contributed by atoms with Crippen molar-refractivity contribution in [1.82, 2.24) is 5.32 Å². The predicted octanol–water partition coefficient (Wildman–Crippen LogP) is 3.05.